The SMILES string of the molecule is COc1cc(/C=N\NC(=S)NC(C)(C)C)ccc1OCc1ccccc1. The second-order valence-corrected chi connectivity index (χ2v) is 7.17. The van der Waals surface area contributed by atoms with E-state index in [-0.39, 0.29) is 5.54 Å². The lowest BCUT2D eigenvalue weighted by molar-refractivity contribution is 0.284. The number of nitrogens with zero attached hydrogens (tertiary/aromatic N) is 1. The predicted molar refractivity (Wildman–Crippen MR) is 110 cm³/mol. The maximum atomic E-state index is 5.85. The second-order valence-electron chi connectivity index (χ2n) is 6.76. The normalized spacial score (nSPS) is 11.2. The van der Waals surface area contributed by atoms with Crippen molar-refractivity contribution in [2.75, 3.05) is 7.11 Å². The van der Waals surface area contributed by atoms with Gasteiger partial charge in [0, 0.05) is 5.54 Å². The van der Waals surface area contributed by atoms with Crippen LogP contribution in [0.25, 0.3) is 0 Å². The van der Waals surface area contributed by atoms with Crippen molar-refractivity contribution < 1.29 is 9.47 Å². The molecule has 6 heteroatoms. The van der Waals surface area contributed by atoms with Gasteiger partial charge in [0.2, 0.25) is 0 Å². The monoisotopic (exact) mass is 371 g/mol. The molecule has 0 radical (unpaired) electrons. The lowest BCUT2D eigenvalue weighted by atomic mass is 10.1. The van der Waals surface area contributed by atoms with E-state index in [0.29, 0.717) is 23.2 Å². The Kier molecular flexibility index (Phi) is 6.97. The molecule has 0 atom stereocenters. The summed E-state index contributed by atoms with van der Waals surface area (Å²) in [6, 6.07) is 15.6. The summed E-state index contributed by atoms with van der Waals surface area (Å²) in [6.07, 6.45) is 1.68. The van der Waals surface area contributed by atoms with E-state index in [9.17, 15) is 0 Å². The van der Waals surface area contributed by atoms with Gasteiger partial charge in [-0.25, -0.2) is 0 Å². The Morgan fingerprint density at radius 2 is 1.85 bits per heavy atom. The maximum absolute atomic E-state index is 5.85. The molecular formula is C20H25N3O2S. The fourth-order valence-corrected chi connectivity index (χ4v) is 2.51. The van der Waals surface area contributed by atoms with E-state index in [1.165, 1.54) is 0 Å². The van der Waals surface area contributed by atoms with Gasteiger partial charge >= 0.3 is 0 Å². The second kappa shape index (κ2) is 9.20. The third kappa shape index (κ3) is 6.72. The summed E-state index contributed by atoms with van der Waals surface area (Å²) >= 11 is 5.19. The number of hydrogen-bond acceptors (Lipinski definition) is 4. The van der Waals surface area contributed by atoms with Crippen LogP contribution in [0, 0.1) is 0 Å². The van der Waals surface area contributed by atoms with Crippen LogP contribution in [0.2, 0.25) is 0 Å². The van der Waals surface area contributed by atoms with Crippen LogP contribution in [0.1, 0.15) is 31.9 Å². The fraction of sp³-hybridized carbons (Fsp3) is 0.300. The van der Waals surface area contributed by atoms with Gasteiger partial charge in [-0.2, -0.15) is 5.10 Å². The topological polar surface area (TPSA) is 54.9 Å². The molecule has 138 valence electrons. The van der Waals surface area contributed by atoms with Gasteiger partial charge in [-0.1, -0.05) is 30.3 Å². The molecule has 0 bridgehead atoms. The average molecular weight is 372 g/mol. The molecule has 2 rings (SSSR count). The molecule has 0 unspecified atom stereocenters. The Labute approximate surface area is 160 Å². The smallest absolute Gasteiger partial charge is 0.187 e. The highest BCUT2D eigenvalue weighted by molar-refractivity contribution is 7.80. The van der Waals surface area contributed by atoms with Crippen LogP contribution in [0.4, 0.5) is 0 Å². The summed E-state index contributed by atoms with van der Waals surface area (Å²) in [6.45, 7) is 6.58. The van der Waals surface area contributed by atoms with E-state index in [4.69, 9.17) is 21.7 Å². The number of thiocarbonyl (C=S) groups is 1. The summed E-state index contributed by atoms with van der Waals surface area (Å²) in [5, 5.41) is 7.76. The number of methoxy groups -OCH3 is 1. The molecule has 0 aliphatic heterocycles. The van der Waals surface area contributed by atoms with Crippen LogP contribution < -0.4 is 20.2 Å². The number of nitrogens with one attached hydrogen (secondary N) is 2. The van der Waals surface area contributed by atoms with Crippen LogP contribution in [-0.2, 0) is 6.61 Å². The van der Waals surface area contributed by atoms with Crippen LogP contribution >= 0.6 is 12.2 Å². The van der Waals surface area contributed by atoms with E-state index in [1.807, 2.05) is 69.3 Å². The predicted octanol–water partition coefficient (Wildman–Crippen LogP) is 3.87. The standard InChI is InChI=1S/C20H25N3O2S/c1-20(2,3)22-19(26)23-21-13-16-10-11-17(18(12-16)24-4)25-14-15-8-6-5-7-9-15/h5-13H,14H2,1-4H3,(H2,22,23,26)/b21-13-. The molecule has 2 N–H and O–H groups in total. The van der Waals surface area contributed by atoms with E-state index < -0.39 is 0 Å². The van der Waals surface area contributed by atoms with Gasteiger partial charge < -0.3 is 14.8 Å². The van der Waals surface area contributed by atoms with Crippen molar-refractivity contribution in [1.82, 2.24) is 10.7 Å². The first kappa shape index (κ1) is 19.7. The molecule has 0 spiro atoms. The van der Waals surface area contributed by atoms with Crippen LogP contribution in [-0.4, -0.2) is 24.0 Å². The molecule has 0 fully saturated rings. The Morgan fingerprint density at radius 3 is 2.50 bits per heavy atom. The molecule has 0 heterocycles. The summed E-state index contributed by atoms with van der Waals surface area (Å²) < 4.78 is 11.3. The van der Waals surface area contributed by atoms with Gasteiger partial charge in [0.05, 0.1) is 13.3 Å². The van der Waals surface area contributed by atoms with Crippen molar-refractivity contribution in [2.24, 2.45) is 5.10 Å². The highest BCUT2D eigenvalue weighted by Crippen LogP contribution is 2.28. The van der Waals surface area contributed by atoms with Gasteiger partial charge in [0.25, 0.3) is 0 Å². The van der Waals surface area contributed by atoms with Crippen molar-refractivity contribution in [3.05, 3.63) is 59.7 Å². The molecule has 0 saturated heterocycles. The number of hydrazone groups is 1. The zero-order valence-electron chi connectivity index (χ0n) is 15.6. The summed E-state index contributed by atoms with van der Waals surface area (Å²) in [7, 11) is 1.62. The van der Waals surface area contributed by atoms with Gasteiger partial charge in [0.1, 0.15) is 6.61 Å². The maximum Gasteiger partial charge on any atom is 0.187 e. The largest absolute Gasteiger partial charge is 0.493 e. The number of ether oxygens (including phenoxy) is 2. The van der Waals surface area contributed by atoms with Gasteiger partial charge in [-0.05, 0) is 62.3 Å². The minimum Gasteiger partial charge on any atom is -0.493 e. The van der Waals surface area contributed by atoms with Gasteiger partial charge in [0.15, 0.2) is 16.6 Å². The van der Waals surface area contributed by atoms with Crippen LogP contribution in [0.15, 0.2) is 53.6 Å². The molecule has 0 aliphatic carbocycles. The van der Waals surface area contributed by atoms with E-state index in [1.54, 1.807) is 13.3 Å². The number of hydrogen-bond donors (Lipinski definition) is 2. The van der Waals surface area contributed by atoms with Crippen molar-refractivity contribution in [3.8, 4) is 11.5 Å². The van der Waals surface area contributed by atoms with Crippen LogP contribution in [0.3, 0.4) is 0 Å². The highest BCUT2D eigenvalue weighted by Gasteiger charge is 2.10. The summed E-state index contributed by atoms with van der Waals surface area (Å²) in [5.41, 5.74) is 4.67. The quantitative estimate of drug-likeness (QED) is 0.459. The Bertz CT molecular complexity index is 755. The fourth-order valence-electron chi connectivity index (χ4n) is 2.15. The Hall–Kier alpha value is -2.60. The zero-order chi connectivity index (χ0) is 19.0. The summed E-state index contributed by atoms with van der Waals surface area (Å²) in [4.78, 5) is 0. The van der Waals surface area contributed by atoms with Crippen molar-refractivity contribution in [1.29, 1.82) is 0 Å². The van der Waals surface area contributed by atoms with E-state index in [0.717, 1.165) is 11.1 Å². The molecule has 0 aromatic heterocycles. The van der Waals surface area contributed by atoms with Crippen LogP contribution in [0.5, 0.6) is 11.5 Å². The summed E-state index contributed by atoms with van der Waals surface area (Å²) in [5.74, 6) is 1.34. The molecular weight excluding hydrogens is 346 g/mol. The van der Waals surface area contributed by atoms with Crippen molar-refractivity contribution in [3.63, 3.8) is 0 Å². The average Bonchev–Trinajstić information content (AvgIpc) is 2.59. The molecule has 0 saturated carbocycles. The van der Waals surface area contributed by atoms with Crippen molar-refractivity contribution >= 4 is 23.5 Å². The third-order valence-electron chi connectivity index (χ3n) is 3.29. The van der Waals surface area contributed by atoms with E-state index >= 15 is 0 Å². The zero-order valence-corrected chi connectivity index (χ0v) is 16.4. The van der Waals surface area contributed by atoms with Gasteiger partial charge in [-0.15, -0.1) is 0 Å². The minimum absolute atomic E-state index is 0.111. The Balaban J connectivity index is 1.97. The van der Waals surface area contributed by atoms with Crippen molar-refractivity contribution in [2.45, 2.75) is 32.9 Å². The first-order chi connectivity index (χ1) is 12.4. The van der Waals surface area contributed by atoms with Gasteiger partial charge in [-0.3, -0.25) is 5.43 Å². The molecule has 2 aromatic carbocycles. The molecule has 0 amide bonds. The lowest BCUT2D eigenvalue weighted by Gasteiger charge is -2.21. The molecule has 2 aromatic rings. The first-order valence-electron chi connectivity index (χ1n) is 8.33. The first-order valence-corrected chi connectivity index (χ1v) is 8.74. The molecule has 0 aliphatic rings. The van der Waals surface area contributed by atoms with E-state index in [2.05, 4.69) is 15.8 Å². The minimum atomic E-state index is -0.111. The highest BCUT2D eigenvalue weighted by atomic mass is 32.1. The molecule has 26 heavy (non-hydrogen) atoms. The lowest BCUT2D eigenvalue weighted by Crippen LogP contribution is -2.44. The third-order valence-corrected chi connectivity index (χ3v) is 3.49. The number of rotatable bonds is 6. The number of benzene rings is 2. The Morgan fingerprint density at radius 1 is 1.12 bits per heavy atom. The molecule has 5 nitrogen and oxygen atoms in total.